The summed E-state index contributed by atoms with van der Waals surface area (Å²) in [4.78, 5) is 8.61. The van der Waals surface area contributed by atoms with Crippen LogP contribution in [0.3, 0.4) is 0 Å². The molecule has 0 aliphatic heterocycles. The minimum Gasteiger partial charge on any atom is -0.258 e. The van der Waals surface area contributed by atoms with Gasteiger partial charge in [-0.25, -0.2) is 0 Å². The Hall–Kier alpha value is -1.02. The molecule has 0 atom stereocenters. The summed E-state index contributed by atoms with van der Waals surface area (Å²) in [5, 5.41) is 10.5. The van der Waals surface area contributed by atoms with E-state index in [0.717, 1.165) is 12.1 Å². The second-order valence-electron chi connectivity index (χ2n) is 2.76. The summed E-state index contributed by atoms with van der Waals surface area (Å²) in [6.45, 7) is 1.53. The Bertz CT molecular complexity index is 528. The van der Waals surface area contributed by atoms with Gasteiger partial charge in [-0.2, -0.15) is 8.42 Å². The number of aryl methyl sites for hydroxylation is 1. The average molecular weight is 298 g/mol. The number of rotatable bonds is 2. The smallest absolute Gasteiger partial charge is 0.258 e. The van der Waals surface area contributed by atoms with Crippen LogP contribution in [-0.2, 0) is 10.2 Å². The van der Waals surface area contributed by atoms with Gasteiger partial charge in [-0.15, -0.1) is 3.89 Å². The number of nitro benzene ring substituents is 1. The number of benzene rings is 1. The van der Waals surface area contributed by atoms with E-state index < -0.39 is 25.7 Å². The second-order valence-corrected chi connectivity index (χ2v) is 4.93. The SMILES string of the molecule is Cc1cc([N+](=O)[O-])c(S(=O)(=O)F)cc1Br. The molecule has 0 fully saturated rings. The quantitative estimate of drug-likeness (QED) is 0.477. The predicted molar refractivity (Wildman–Crippen MR) is 53.8 cm³/mol. The van der Waals surface area contributed by atoms with Crippen molar-refractivity contribution in [3.05, 3.63) is 32.3 Å². The minimum atomic E-state index is -5.09. The first-order valence-corrected chi connectivity index (χ1v) is 5.80. The predicted octanol–water partition coefficient (Wildman–Crippen LogP) is 2.32. The van der Waals surface area contributed by atoms with Crippen molar-refractivity contribution in [3.8, 4) is 0 Å². The van der Waals surface area contributed by atoms with E-state index in [1.807, 2.05) is 0 Å². The van der Waals surface area contributed by atoms with Gasteiger partial charge in [-0.05, 0) is 18.6 Å². The van der Waals surface area contributed by atoms with Gasteiger partial charge in [0.2, 0.25) is 0 Å². The molecular weight excluding hydrogens is 293 g/mol. The van der Waals surface area contributed by atoms with E-state index >= 15 is 0 Å². The van der Waals surface area contributed by atoms with Crippen LogP contribution in [0.15, 0.2) is 21.5 Å². The van der Waals surface area contributed by atoms with E-state index in [2.05, 4.69) is 15.9 Å². The van der Waals surface area contributed by atoms with Crippen LogP contribution in [0.4, 0.5) is 9.57 Å². The Morgan fingerprint density at radius 2 is 2.00 bits per heavy atom. The van der Waals surface area contributed by atoms with E-state index in [1.54, 1.807) is 0 Å². The van der Waals surface area contributed by atoms with Gasteiger partial charge in [0, 0.05) is 10.5 Å². The number of hydrogen-bond acceptors (Lipinski definition) is 4. The molecule has 0 spiro atoms. The van der Waals surface area contributed by atoms with Crippen molar-refractivity contribution < 1.29 is 17.2 Å². The van der Waals surface area contributed by atoms with Gasteiger partial charge in [0.05, 0.1) is 4.92 Å². The molecule has 0 bridgehead atoms. The third-order valence-corrected chi connectivity index (χ3v) is 3.41. The van der Waals surface area contributed by atoms with Gasteiger partial charge in [0.25, 0.3) is 5.69 Å². The van der Waals surface area contributed by atoms with E-state index in [1.165, 1.54) is 6.92 Å². The average Bonchev–Trinajstić information content (AvgIpc) is 2.06. The molecule has 0 aliphatic carbocycles. The van der Waals surface area contributed by atoms with Gasteiger partial charge >= 0.3 is 10.2 Å². The molecule has 1 aromatic rings. The fraction of sp³-hybridized carbons (Fsp3) is 0.143. The molecule has 0 amide bonds. The van der Waals surface area contributed by atoms with Crippen molar-refractivity contribution in [2.24, 2.45) is 0 Å². The fourth-order valence-corrected chi connectivity index (χ4v) is 2.12. The molecule has 0 aromatic heterocycles. The van der Waals surface area contributed by atoms with Crippen LogP contribution in [0.25, 0.3) is 0 Å². The Kier molecular flexibility index (Phi) is 3.10. The Morgan fingerprint density at radius 3 is 2.40 bits per heavy atom. The number of nitro groups is 1. The summed E-state index contributed by atoms with van der Waals surface area (Å²) in [7, 11) is -5.09. The molecule has 0 radical (unpaired) electrons. The first-order valence-electron chi connectivity index (χ1n) is 3.62. The molecule has 0 heterocycles. The van der Waals surface area contributed by atoms with E-state index in [-0.39, 0.29) is 0 Å². The van der Waals surface area contributed by atoms with Crippen LogP contribution in [0.1, 0.15) is 5.56 Å². The molecule has 0 N–H and O–H groups in total. The summed E-state index contributed by atoms with van der Waals surface area (Å²) >= 11 is 2.97. The van der Waals surface area contributed by atoms with Crippen LogP contribution < -0.4 is 0 Å². The number of nitrogens with zero attached hydrogens (tertiary/aromatic N) is 1. The Labute approximate surface area is 93.4 Å². The van der Waals surface area contributed by atoms with Crippen LogP contribution >= 0.6 is 15.9 Å². The standard InChI is InChI=1S/C7H5BrFNO4S/c1-4-2-6(10(11)12)7(3-5(4)8)15(9,13)14/h2-3H,1H3. The van der Waals surface area contributed by atoms with Crippen LogP contribution in [-0.4, -0.2) is 13.3 Å². The third-order valence-electron chi connectivity index (χ3n) is 1.70. The highest BCUT2D eigenvalue weighted by Crippen LogP contribution is 2.31. The summed E-state index contributed by atoms with van der Waals surface area (Å²) in [5.74, 6) is 0. The van der Waals surface area contributed by atoms with E-state index in [4.69, 9.17) is 0 Å². The Balaban J connectivity index is 3.64. The second kappa shape index (κ2) is 3.86. The third kappa shape index (κ3) is 2.51. The van der Waals surface area contributed by atoms with Crippen molar-refractivity contribution in [1.82, 2.24) is 0 Å². The highest BCUT2D eigenvalue weighted by molar-refractivity contribution is 9.10. The van der Waals surface area contributed by atoms with Gasteiger partial charge in [0.15, 0.2) is 4.90 Å². The molecule has 15 heavy (non-hydrogen) atoms. The molecule has 8 heteroatoms. The molecule has 5 nitrogen and oxygen atoms in total. The molecule has 82 valence electrons. The van der Waals surface area contributed by atoms with E-state index in [0.29, 0.717) is 10.0 Å². The lowest BCUT2D eigenvalue weighted by Gasteiger charge is -2.01. The highest BCUT2D eigenvalue weighted by atomic mass is 79.9. The Morgan fingerprint density at radius 1 is 1.47 bits per heavy atom. The summed E-state index contributed by atoms with van der Waals surface area (Å²) in [6, 6.07) is 1.87. The molecule has 0 unspecified atom stereocenters. The molecule has 0 saturated carbocycles. The lowest BCUT2D eigenvalue weighted by Crippen LogP contribution is -2.00. The summed E-state index contributed by atoms with van der Waals surface area (Å²) < 4.78 is 34.3. The maximum absolute atomic E-state index is 12.7. The maximum atomic E-state index is 12.7. The summed E-state index contributed by atoms with van der Waals surface area (Å²) in [5.41, 5.74) is -0.313. The van der Waals surface area contributed by atoms with E-state index in [9.17, 15) is 22.4 Å². The molecular formula is C7H5BrFNO4S. The van der Waals surface area contributed by atoms with Crippen molar-refractivity contribution >= 4 is 31.8 Å². The van der Waals surface area contributed by atoms with Crippen molar-refractivity contribution in [2.45, 2.75) is 11.8 Å². The zero-order valence-electron chi connectivity index (χ0n) is 7.40. The summed E-state index contributed by atoms with van der Waals surface area (Å²) in [6.07, 6.45) is 0. The zero-order valence-corrected chi connectivity index (χ0v) is 9.80. The van der Waals surface area contributed by atoms with Gasteiger partial charge in [0.1, 0.15) is 0 Å². The lowest BCUT2D eigenvalue weighted by atomic mass is 10.2. The van der Waals surface area contributed by atoms with Crippen LogP contribution in [0.2, 0.25) is 0 Å². The number of halogens is 2. The van der Waals surface area contributed by atoms with Gasteiger partial charge in [-0.3, -0.25) is 10.1 Å². The van der Waals surface area contributed by atoms with Crippen molar-refractivity contribution in [1.29, 1.82) is 0 Å². The molecule has 1 aromatic carbocycles. The van der Waals surface area contributed by atoms with Gasteiger partial charge in [-0.1, -0.05) is 15.9 Å². The first-order chi connectivity index (χ1) is 6.73. The number of hydrogen-bond donors (Lipinski definition) is 0. The largest absolute Gasteiger partial charge is 0.339 e. The van der Waals surface area contributed by atoms with Gasteiger partial charge < -0.3 is 0 Å². The lowest BCUT2D eigenvalue weighted by molar-refractivity contribution is -0.387. The topological polar surface area (TPSA) is 77.3 Å². The highest BCUT2D eigenvalue weighted by Gasteiger charge is 2.26. The van der Waals surface area contributed by atoms with Crippen LogP contribution in [0, 0.1) is 17.0 Å². The van der Waals surface area contributed by atoms with Crippen LogP contribution in [0.5, 0.6) is 0 Å². The monoisotopic (exact) mass is 297 g/mol. The first kappa shape index (κ1) is 12.1. The zero-order chi connectivity index (χ0) is 11.8. The normalized spacial score (nSPS) is 11.4. The van der Waals surface area contributed by atoms with Crippen molar-refractivity contribution in [3.63, 3.8) is 0 Å². The molecule has 1 rings (SSSR count). The maximum Gasteiger partial charge on any atom is 0.339 e. The molecule has 0 saturated heterocycles. The molecule has 0 aliphatic rings. The fourth-order valence-electron chi connectivity index (χ4n) is 0.986. The minimum absolute atomic E-state index is 0.296. The van der Waals surface area contributed by atoms with Crippen molar-refractivity contribution in [2.75, 3.05) is 0 Å².